The first kappa shape index (κ1) is 29.9. The number of aliphatic hydroxyl groups is 1. The molecule has 0 saturated heterocycles. The number of rotatable bonds is 10. The zero-order valence-corrected chi connectivity index (χ0v) is 24.0. The van der Waals surface area contributed by atoms with Crippen molar-refractivity contribution >= 4 is 40.6 Å². The number of nitrogens with one attached hydrogen (secondary N) is 2. The molecule has 10 nitrogen and oxygen atoms in total. The van der Waals surface area contributed by atoms with Crippen molar-refractivity contribution in [3.63, 3.8) is 0 Å². The van der Waals surface area contributed by atoms with E-state index in [-0.39, 0.29) is 22.9 Å². The lowest BCUT2D eigenvalue weighted by molar-refractivity contribution is -0.124. The number of methoxy groups -OCH3 is 1. The SMILES string of the molecule is COc1nc(-c2cccc(-c3cccc(NC(=O)c4ccnn(C)c4=O)c3Cl)c2Cl)ccc1CNC[C@H](O)C(C)=O. The van der Waals surface area contributed by atoms with Crippen molar-refractivity contribution in [2.45, 2.75) is 19.6 Å². The van der Waals surface area contributed by atoms with Gasteiger partial charge >= 0.3 is 0 Å². The summed E-state index contributed by atoms with van der Waals surface area (Å²) in [6.45, 7) is 1.76. The van der Waals surface area contributed by atoms with Crippen LogP contribution >= 0.6 is 23.2 Å². The van der Waals surface area contributed by atoms with Gasteiger partial charge in [0.1, 0.15) is 11.7 Å². The smallest absolute Gasteiger partial charge is 0.279 e. The Morgan fingerprint density at radius 2 is 1.71 bits per heavy atom. The van der Waals surface area contributed by atoms with Crippen LogP contribution < -0.4 is 20.9 Å². The molecule has 0 aliphatic rings. The van der Waals surface area contributed by atoms with Gasteiger partial charge in [0.25, 0.3) is 11.5 Å². The van der Waals surface area contributed by atoms with Crippen LogP contribution in [0.1, 0.15) is 22.8 Å². The molecule has 0 spiro atoms. The summed E-state index contributed by atoms with van der Waals surface area (Å²) < 4.78 is 6.55. The van der Waals surface area contributed by atoms with E-state index in [1.165, 1.54) is 33.3 Å². The van der Waals surface area contributed by atoms with Crippen molar-refractivity contribution in [1.82, 2.24) is 20.1 Å². The van der Waals surface area contributed by atoms with E-state index >= 15 is 0 Å². The van der Waals surface area contributed by atoms with Gasteiger partial charge in [0, 0.05) is 48.6 Å². The van der Waals surface area contributed by atoms with E-state index < -0.39 is 17.6 Å². The topological polar surface area (TPSA) is 135 Å². The van der Waals surface area contributed by atoms with Crippen molar-refractivity contribution in [3.05, 3.63) is 92.3 Å². The molecule has 0 saturated carbocycles. The number of nitrogens with zero attached hydrogens (tertiary/aromatic N) is 3. The van der Waals surface area contributed by atoms with Crippen LogP contribution in [0.4, 0.5) is 5.69 Å². The van der Waals surface area contributed by atoms with Gasteiger partial charge in [0.05, 0.1) is 28.5 Å². The Balaban J connectivity index is 1.62. The second-order valence-electron chi connectivity index (χ2n) is 9.08. The minimum Gasteiger partial charge on any atom is -0.481 e. The molecule has 41 heavy (non-hydrogen) atoms. The maximum Gasteiger partial charge on any atom is 0.279 e. The highest BCUT2D eigenvalue weighted by molar-refractivity contribution is 6.39. The van der Waals surface area contributed by atoms with Crippen LogP contribution in [-0.2, 0) is 18.4 Å². The largest absolute Gasteiger partial charge is 0.481 e. The van der Waals surface area contributed by atoms with Crippen LogP contribution in [0.5, 0.6) is 5.88 Å². The summed E-state index contributed by atoms with van der Waals surface area (Å²) in [7, 11) is 2.96. The van der Waals surface area contributed by atoms with Gasteiger partial charge in [-0.3, -0.25) is 14.4 Å². The molecule has 0 radical (unpaired) electrons. The maximum absolute atomic E-state index is 12.8. The lowest BCUT2D eigenvalue weighted by Crippen LogP contribution is -2.31. The number of carbonyl (C=O) groups is 2. The Morgan fingerprint density at radius 3 is 2.41 bits per heavy atom. The molecule has 3 N–H and O–H groups in total. The van der Waals surface area contributed by atoms with E-state index in [1.54, 1.807) is 30.3 Å². The molecule has 0 bridgehead atoms. The predicted molar refractivity (Wildman–Crippen MR) is 158 cm³/mol. The highest BCUT2D eigenvalue weighted by Crippen LogP contribution is 2.41. The minimum absolute atomic E-state index is 0.0716. The average molecular weight is 596 g/mol. The van der Waals surface area contributed by atoms with E-state index in [4.69, 9.17) is 27.9 Å². The molecule has 4 aromatic rings. The number of benzene rings is 2. The van der Waals surface area contributed by atoms with Crippen LogP contribution in [-0.4, -0.2) is 51.3 Å². The van der Waals surface area contributed by atoms with Gasteiger partial charge in [0.15, 0.2) is 5.78 Å². The third-order valence-electron chi connectivity index (χ3n) is 6.32. The van der Waals surface area contributed by atoms with Gasteiger partial charge in [0.2, 0.25) is 5.88 Å². The number of aryl methyl sites for hydroxylation is 1. The second-order valence-corrected chi connectivity index (χ2v) is 9.84. The van der Waals surface area contributed by atoms with Crippen molar-refractivity contribution in [2.75, 3.05) is 19.0 Å². The number of anilines is 1. The number of aliphatic hydroxyl groups excluding tert-OH is 1. The fraction of sp³-hybridized carbons (Fsp3) is 0.207. The summed E-state index contributed by atoms with van der Waals surface area (Å²) in [5, 5.41) is 19.9. The van der Waals surface area contributed by atoms with E-state index in [0.29, 0.717) is 45.5 Å². The van der Waals surface area contributed by atoms with Crippen LogP contribution in [0.3, 0.4) is 0 Å². The molecule has 0 fully saturated rings. The quantitative estimate of drug-likeness (QED) is 0.249. The fourth-order valence-electron chi connectivity index (χ4n) is 4.06. The molecule has 4 rings (SSSR count). The molecule has 0 aliphatic carbocycles. The van der Waals surface area contributed by atoms with Gasteiger partial charge in [-0.15, -0.1) is 0 Å². The number of aromatic nitrogens is 3. The first-order valence-electron chi connectivity index (χ1n) is 12.5. The summed E-state index contributed by atoms with van der Waals surface area (Å²) in [6, 6.07) is 15.5. The molecule has 212 valence electrons. The van der Waals surface area contributed by atoms with Crippen molar-refractivity contribution in [3.8, 4) is 28.3 Å². The van der Waals surface area contributed by atoms with E-state index in [2.05, 4.69) is 20.7 Å². The Hall–Kier alpha value is -4.09. The Labute approximate surface area is 245 Å². The van der Waals surface area contributed by atoms with Gasteiger partial charge in [-0.1, -0.05) is 59.6 Å². The van der Waals surface area contributed by atoms with Gasteiger partial charge in [-0.25, -0.2) is 9.67 Å². The van der Waals surface area contributed by atoms with Crippen LogP contribution in [0.2, 0.25) is 10.0 Å². The first-order chi connectivity index (χ1) is 19.6. The number of hydrogen-bond acceptors (Lipinski definition) is 8. The van der Waals surface area contributed by atoms with Crippen LogP contribution in [0.15, 0.2) is 65.6 Å². The molecular formula is C29H27Cl2N5O5. The van der Waals surface area contributed by atoms with Crippen molar-refractivity contribution < 1.29 is 19.4 Å². The molecule has 2 aromatic heterocycles. The monoisotopic (exact) mass is 595 g/mol. The van der Waals surface area contributed by atoms with Gasteiger partial charge in [-0.2, -0.15) is 5.10 Å². The molecule has 2 aromatic carbocycles. The van der Waals surface area contributed by atoms with Gasteiger partial charge in [-0.05, 0) is 25.1 Å². The normalized spacial score (nSPS) is 11.7. The number of ketones is 1. The van der Waals surface area contributed by atoms with Crippen molar-refractivity contribution in [2.24, 2.45) is 7.05 Å². The molecule has 0 aliphatic heterocycles. The minimum atomic E-state index is -1.09. The lowest BCUT2D eigenvalue weighted by atomic mass is 10.00. The van der Waals surface area contributed by atoms with E-state index in [1.807, 2.05) is 18.2 Å². The van der Waals surface area contributed by atoms with E-state index in [9.17, 15) is 19.5 Å². The summed E-state index contributed by atoms with van der Waals surface area (Å²) >= 11 is 13.6. The molecule has 0 unspecified atom stereocenters. The summed E-state index contributed by atoms with van der Waals surface area (Å²) in [6.07, 6.45) is 0.279. The van der Waals surface area contributed by atoms with Crippen LogP contribution in [0, 0.1) is 0 Å². The second kappa shape index (κ2) is 13.0. The fourth-order valence-corrected chi connectivity index (χ4v) is 4.66. The third kappa shape index (κ3) is 6.63. The predicted octanol–water partition coefficient (Wildman–Crippen LogP) is 4.12. The van der Waals surface area contributed by atoms with Crippen molar-refractivity contribution in [1.29, 1.82) is 0 Å². The standard InChI is InChI=1S/C29H27Cl2N5O5/c1-16(37)24(38)15-32-14-17-10-11-22(35-28(17)41-3)20-8-4-6-18(25(20)30)19-7-5-9-23(26(19)31)34-27(39)21-12-13-33-36(2)29(21)40/h4-13,24,32,38H,14-15H2,1-3H3,(H,34,39)/t24-/m0/s1. The number of Topliss-reactive ketones (excluding diaryl/α,β-unsaturated/α-hetero) is 1. The highest BCUT2D eigenvalue weighted by Gasteiger charge is 2.19. The first-order valence-corrected chi connectivity index (χ1v) is 13.2. The number of ether oxygens (including phenoxy) is 1. The Kier molecular flexibility index (Phi) is 9.51. The zero-order valence-electron chi connectivity index (χ0n) is 22.4. The molecule has 1 atom stereocenters. The number of halogens is 2. The highest BCUT2D eigenvalue weighted by atomic mass is 35.5. The zero-order chi connectivity index (χ0) is 29.7. The van der Waals surface area contributed by atoms with Crippen LogP contribution in [0.25, 0.3) is 22.4 Å². The summed E-state index contributed by atoms with van der Waals surface area (Å²) in [5.41, 5.74) is 2.78. The summed E-state index contributed by atoms with van der Waals surface area (Å²) in [4.78, 5) is 41.0. The average Bonchev–Trinajstić information content (AvgIpc) is 2.96. The number of pyridine rings is 1. The summed E-state index contributed by atoms with van der Waals surface area (Å²) in [5.74, 6) is -0.577. The maximum atomic E-state index is 12.8. The third-order valence-corrected chi connectivity index (χ3v) is 7.13. The molecule has 12 heteroatoms. The molecular weight excluding hydrogens is 569 g/mol. The number of carbonyl (C=O) groups excluding carboxylic acids is 2. The lowest BCUT2D eigenvalue weighted by Gasteiger charge is -2.15. The molecule has 1 amide bonds. The van der Waals surface area contributed by atoms with E-state index in [0.717, 1.165) is 10.2 Å². The van der Waals surface area contributed by atoms with Gasteiger partial charge < -0.3 is 20.5 Å². The number of amides is 1. The Bertz CT molecular complexity index is 1670. The Morgan fingerprint density at radius 1 is 1.02 bits per heavy atom. The number of hydrogen-bond donors (Lipinski definition) is 3. The molecule has 2 heterocycles.